The molecule has 0 radical (unpaired) electrons. The second-order valence-corrected chi connectivity index (χ2v) is 6.94. The van der Waals surface area contributed by atoms with Crippen LogP contribution in [0, 0.1) is 0 Å². The van der Waals surface area contributed by atoms with Crippen LogP contribution in [0.15, 0.2) is 66.7 Å². The van der Waals surface area contributed by atoms with Gasteiger partial charge in [-0.3, -0.25) is 20.4 Å². The smallest absolute Gasteiger partial charge is 0.279 e. The molecule has 0 aliphatic rings. The van der Waals surface area contributed by atoms with Crippen LogP contribution in [0.1, 0.15) is 37.0 Å². The molecule has 0 aliphatic carbocycles. The Kier molecular flexibility index (Phi) is 7.27. The highest BCUT2D eigenvalue weighted by atomic mass is 16.5. The molecule has 3 rings (SSSR count). The first-order valence-electron chi connectivity index (χ1n) is 10.1. The van der Waals surface area contributed by atoms with E-state index in [4.69, 9.17) is 9.47 Å². The normalized spacial score (nSPS) is 11.5. The minimum atomic E-state index is -0.782. The van der Waals surface area contributed by atoms with E-state index in [9.17, 15) is 9.59 Å². The lowest BCUT2D eigenvalue weighted by Crippen LogP contribution is -2.47. The van der Waals surface area contributed by atoms with E-state index in [1.165, 1.54) is 0 Å². The number of hydrazine groups is 1. The van der Waals surface area contributed by atoms with Crippen molar-refractivity contribution in [3.05, 3.63) is 72.3 Å². The average Bonchev–Trinajstić information content (AvgIpc) is 2.77. The fourth-order valence-electron chi connectivity index (χ4n) is 2.85. The molecule has 2 N–H and O–H groups in total. The summed E-state index contributed by atoms with van der Waals surface area (Å²) in [6.07, 6.45) is 1.20. The third kappa shape index (κ3) is 5.73. The fraction of sp³-hybridized carbons (Fsp3) is 0.250. The number of carbonyl (C=O) groups excluding carboxylic acids is 2. The highest BCUT2D eigenvalue weighted by molar-refractivity contribution is 5.96. The third-order valence-electron chi connectivity index (χ3n) is 4.57. The summed E-state index contributed by atoms with van der Waals surface area (Å²) >= 11 is 0. The molecule has 6 nitrogen and oxygen atoms in total. The molecule has 0 saturated carbocycles. The van der Waals surface area contributed by atoms with Gasteiger partial charge in [0.1, 0.15) is 11.5 Å². The summed E-state index contributed by atoms with van der Waals surface area (Å²) in [7, 11) is 0. The minimum Gasteiger partial charge on any atom is -0.494 e. The third-order valence-corrected chi connectivity index (χ3v) is 4.57. The van der Waals surface area contributed by atoms with E-state index in [0.29, 0.717) is 23.7 Å². The first-order chi connectivity index (χ1) is 14.6. The Morgan fingerprint density at radius 3 is 2.50 bits per heavy atom. The van der Waals surface area contributed by atoms with Gasteiger partial charge in [-0.25, -0.2) is 0 Å². The molecular formula is C24H26N2O4. The molecule has 0 aromatic heterocycles. The summed E-state index contributed by atoms with van der Waals surface area (Å²) in [6.45, 7) is 4.31. The summed E-state index contributed by atoms with van der Waals surface area (Å²) in [4.78, 5) is 24.6. The first-order valence-corrected chi connectivity index (χ1v) is 10.1. The number of benzene rings is 3. The van der Waals surface area contributed by atoms with Crippen molar-refractivity contribution in [3.63, 3.8) is 0 Å². The molecule has 2 amide bonds. The molecule has 1 atom stereocenters. The van der Waals surface area contributed by atoms with Gasteiger partial charge in [-0.05, 0) is 54.4 Å². The Labute approximate surface area is 176 Å². The summed E-state index contributed by atoms with van der Waals surface area (Å²) in [5.74, 6) is 0.323. The molecule has 0 aliphatic heterocycles. The van der Waals surface area contributed by atoms with Crippen molar-refractivity contribution in [1.29, 1.82) is 0 Å². The Morgan fingerprint density at radius 1 is 0.900 bits per heavy atom. The van der Waals surface area contributed by atoms with Crippen molar-refractivity contribution in [3.8, 4) is 11.5 Å². The number of rotatable bonds is 8. The number of amides is 2. The topological polar surface area (TPSA) is 76.7 Å². The second-order valence-electron chi connectivity index (χ2n) is 6.94. The zero-order chi connectivity index (χ0) is 21.3. The molecule has 0 saturated heterocycles. The summed E-state index contributed by atoms with van der Waals surface area (Å²) < 4.78 is 11.3. The van der Waals surface area contributed by atoms with Gasteiger partial charge in [0.2, 0.25) is 0 Å². The molecule has 0 fully saturated rings. The zero-order valence-electron chi connectivity index (χ0n) is 17.2. The molecule has 0 spiro atoms. The second kappa shape index (κ2) is 10.3. The van der Waals surface area contributed by atoms with E-state index >= 15 is 0 Å². The molecule has 0 unspecified atom stereocenters. The van der Waals surface area contributed by atoms with Gasteiger partial charge in [-0.2, -0.15) is 0 Å². The van der Waals surface area contributed by atoms with Crippen molar-refractivity contribution in [2.24, 2.45) is 0 Å². The van der Waals surface area contributed by atoms with Gasteiger partial charge in [-0.1, -0.05) is 49.7 Å². The zero-order valence-corrected chi connectivity index (χ0v) is 17.2. The molecule has 3 aromatic rings. The summed E-state index contributed by atoms with van der Waals surface area (Å²) in [5, 5.41) is 2.12. The molecule has 0 bridgehead atoms. The van der Waals surface area contributed by atoms with Crippen molar-refractivity contribution in [2.45, 2.75) is 32.8 Å². The van der Waals surface area contributed by atoms with E-state index in [1.807, 2.05) is 42.5 Å². The van der Waals surface area contributed by atoms with Crippen LogP contribution in [0.2, 0.25) is 0 Å². The average molecular weight is 406 g/mol. The number of nitrogens with one attached hydrogen (secondary N) is 2. The van der Waals surface area contributed by atoms with Gasteiger partial charge in [0.05, 0.1) is 6.61 Å². The molecule has 0 heterocycles. The number of carbonyl (C=O) groups is 2. The van der Waals surface area contributed by atoms with Crippen molar-refractivity contribution in [2.75, 3.05) is 6.61 Å². The van der Waals surface area contributed by atoms with Crippen molar-refractivity contribution in [1.82, 2.24) is 10.9 Å². The Bertz CT molecular complexity index is 1020. The number of hydrogen-bond acceptors (Lipinski definition) is 4. The van der Waals surface area contributed by atoms with E-state index < -0.39 is 17.9 Å². The first kappa shape index (κ1) is 21.2. The van der Waals surface area contributed by atoms with Crippen molar-refractivity contribution < 1.29 is 19.1 Å². The van der Waals surface area contributed by atoms with E-state index in [2.05, 4.69) is 17.8 Å². The van der Waals surface area contributed by atoms with Crippen LogP contribution in [0.4, 0.5) is 0 Å². The predicted octanol–water partition coefficient (Wildman–Crippen LogP) is 4.25. The highest BCUT2D eigenvalue weighted by Crippen LogP contribution is 2.21. The van der Waals surface area contributed by atoms with Crippen LogP contribution in [-0.2, 0) is 4.79 Å². The Balaban J connectivity index is 1.52. The maximum absolute atomic E-state index is 12.3. The maximum Gasteiger partial charge on any atom is 0.279 e. The number of fused-ring (bicyclic) bond motifs is 1. The maximum atomic E-state index is 12.3. The minimum absolute atomic E-state index is 0.396. The quantitative estimate of drug-likeness (QED) is 0.433. The highest BCUT2D eigenvalue weighted by Gasteiger charge is 2.16. The molecule has 3 aromatic carbocycles. The largest absolute Gasteiger partial charge is 0.494 e. The molecule has 6 heteroatoms. The van der Waals surface area contributed by atoms with Crippen LogP contribution < -0.4 is 20.3 Å². The van der Waals surface area contributed by atoms with Gasteiger partial charge in [0.25, 0.3) is 11.8 Å². The van der Waals surface area contributed by atoms with Crippen molar-refractivity contribution >= 4 is 22.6 Å². The summed E-state index contributed by atoms with van der Waals surface area (Å²) in [5.41, 5.74) is 5.22. The van der Waals surface area contributed by atoms with Gasteiger partial charge >= 0.3 is 0 Å². The molecule has 156 valence electrons. The Hall–Kier alpha value is -3.54. The Morgan fingerprint density at radius 2 is 1.70 bits per heavy atom. The number of hydrogen-bond donors (Lipinski definition) is 2. The van der Waals surface area contributed by atoms with E-state index in [-0.39, 0.29) is 0 Å². The van der Waals surface area contributed by atoms with Crippen LogP contribution in [0.5, 0.6) is 11.5 Å². The standard InChI is InChI=1S/C24H26N2O4/c1-3-4-14-29-21-11-7-10-20(16-21)24(28)26-25-23(27)17(2)30-22-13-12-18-8-5-6-9-19(18)15-22/h5-13,15-17H,3-4,14H2,1-2H3,(H,25,27)(H,26,28)/t17-/m1/s1. The van der Waals surface area contributed by atoms with Gasteiger partial charge in [-0.15, -0.1) is 0 Å². The van der Waals surface area contributed by atoms with Crippen LogP contribution in [0.3, 0.4) is 0 Å². The van der Waals surface area contributed by atoms with Crippen LogP contribution in [-0.4, -0.2) is 24.5 Å². The lowest BCUT2D eigenvalue weighted by Gasteiger charge is -2.16. The van der Waals surface area contributed by atoms with E-state index in [1.54, 1.807) is 31.2 Å². The van der Waals surface area contributed by atoms with Crippen LogP contribution >= 0.6 is 0 Å². The monoisotopic (exact) mass is 406 g/mol. The predicted molar refractivity (Wildman–Crippen MR) is 116 cm³/mol. The SMILES string of the molecule is CCCCOc1cccc(C(=O)NNC(=O)[C@@H](C)Oc2ccc3ccccc3c2)c1. The van der Waals surface area contributed by atoms with Gasteiger partial charge < -0.3 is 9.47 Å². The number of unbranched alkanes of at least 4 members (excludes halogenated alkanes) is 1. The molecular weight excluding hydrogens is 380 g/mol. The van der Waals surface area contributed by atoms with Crippen LogP contribution in [0.25, 0.3) is 10.8 Å². The van der Waals surface area contributed by atoms with Gasteiger partial charge in [0.15, 0.2) is 6.10 Å². The summed E-state index contributed by atoms with van der Waals surface area (Å²) in [6, 6.07) is 20.4. The number of ether oxygens (including phenoxy) is 2. The molecule has 30 heavy (non-hydrogen) atoms. The fourth-order valence-corrected chi connectivity index (χ4v) is 2.85. The lowest BCUT2D eigenvalue weighted by molar-refractivity contribution is -0.128. The van der Waals surface area contributed by atoms with Gasteiger partial charge in [0, 0.05) is 5.56 Å². The lowest BCUT2D eigenvalue weighted by atomic mass is 10.1. The van der Waals surface area contributed by atoms with E-state index in [0.717, 1.165) is 23.6 Å².